The van der Waals surface area contributed by atoms with Crippen molar-refractivity contribution < 1.29 is 19.1 Å². The molecule has 6 nitrogen and oxygen atoms in total. The molecule has 0 heterocycles. The molecule has 0 aliphatic rings. The highest BCUT2D eigenvalue weighted by atomic mass is 79.9. The Morgan fingerprint density at radius 3 is 2.38 bits per heavy atom. The Bertz CT molecular complexity index is 985. The van der Waals surface area contributed by atoms with E-state index in [2.05, 4.69) is 42.0 Å². The first-order chi connectivity index (χ1) is 16.0. The van der Waals surface area contributed by atoms with Gasteiger partial charge >= 0.3 is 0 Å². The quantitative estimate of drug-likeness (QED) is 0.440. The third-order valence-corrected chi connectivity index (χ3v) is 6.07. The molecule has 186 valence electrons. The van der Waals surface area contributed by atoms with Gasteiger partial charge in [0.25, 0.3) is 5.91 Å². The number of nitrogens with one attached hydrogen (secondary N) is 1. The number of ether oxygens (including phenoxy) is 2. The molecule has 1 N–H and O–H groups in total. The number of methoxy groups -OCH3 is 1. The van der Waals surface area contributed by atoms with Crippen LogP contribution >= 0.6 is 15.9 Å². The lowest BCUT2D eigenvalue weighted by atomic mass is 9.87. The van der Waals surface area contributed by atoms with Crippen molar-refractivity contribution in [1.29, 1.82) is 0 Å². The summed E-state index contributed by atoms with van der Waals surface area (Å²) >= 11 is 3.56. The molecule has 0 bridgehead atoms. The van der Waals surface area contributed by atoms with Crippen molar-refractivity contribution in [3.05, 3.63) is 58.1 Å². The molecule has 2 amide bonds. The standard InChI is InChI=1S/C27H37BrN2O4/c1-8-23(26(32)29-18(2)3)30(16-19-10-9-11-21(14-19)33-7)25(31)17-34-24-13-12-20(15-22(24)28)27(4,5)6/h9-15,18,23H,8,16-17H2,1-7H3,(H,29,32)/t23-/m0/s1. The minimum atomic E-state index is -0.614. The van der Waals surface area contributed by atoms with Crippen LogP contribution in [0.5, 0.6) is 11.5 Å². The summed E-state index contributed by atoms with van der Waals surface area (Å²) in [7, 11) is 1.60. The highest BCUT2D eigenvalue weighted by Crippen LogP contribution is 2.31. The summed E-state index contributed by atoms with van der Waals surface area (Å²) in [5.41, 5.74) is 2.04. The average Bonchev–Trinajstić information content (AvgIpc) is 2.76. The maximum atomic E-state index is 13.4. The first-order valence-electron chi connectivity index (χ1n) is 11.6. The summed E-state index contributed by atoms with van der Waals surface area (Å²) in [6.45, 7) is 12.2. The maximum absolute atomic E-state index is 13.4. The number of hydrogen-bond acceptors (Lipinski definition) is 4. The van der Waals surface area contributed by atoms with Gasteiger partial charge in [-0.3, -0.25) is 9.59 Å². The Morgan fingerprint density at radius 1 is 1.12 bits per heavy atom. The molecule has 7 heteroatoms. The van der Waals surface area contributed by atoms with Gasteiger partial charge in [-0.2, -0.15) is 0 Å². The van der Waals surface area contributed by atoms with Gasteiger partial charge in [0.2, 0.25) is 5.91 Å². The smallest absolute Gasteiger partial charge is 0.261 e. The molecule has 0 aliphatic heterocycles. The summed E-state index contributed by atoms with van der Waals surface area (Å²) in [5.74, 6) is 0.843. The van der Waals surface area contributed by atoms with Crippen molar-refractivity contribution in [2.45, 2.75) is 72.0 Å². The molecule has 1 atom stereocenters. The predicted molar refractivity (Wildman–Crippen MR) is 139 cm³/mol. The van der Waals surface area contributed by atoms with Crippen molar-refractivity contribution in [3.8, 4) is 11.5 Å². The Labute approximate surface area is 212 Å². The van der Waals surface area contributed by atoms with E-state index in [1.165, 1.54) is 0 Å². The molecule has 0 fully saturated rings. The Hall–Kier alpha value is -2.54. The highest BCUT2D eigenvalue weighted by molar-refractivity contribution is 9.10. The summed E-state index contributed by atoms with van der Waals surface area (Å²) in [5, 5.41) is 2.93. The van der Waals surface area contributed by atoms with Crippen LogP contribution in [0, 0.1) is 0 Å². The fraction of sp³-hybridized carbons (Fsp3) is 0.481. The van der Waals surface area contributed by atoms with Gasteiger partial charge in [-0.1, -0.05) is 45.9 Å². The number of carbonyl (C=O) groups is 2. The van der Waals surface area contributed by atoms with Crippen LogP contribution in [0.15, 0.2) is 46.9 Å². The van der Waals surface area contributed by atoms with E-state index < -0.39 is 6.04 Å². The van der Waals surface area contributed by atoms with Gasteiger partial charge < -0.3 is 19.7 Å². The van der Waals surface area contributed by atoms with Crippen LogP contribution in [0.1, 0.15) is 59.1 Å². The lowest BCUT2D eigenvalue weighted by molar-refractivity contribution is -0.143. The minimum absolute atomic E-state index is 0.00251. The lowest BCUT2D eigenvalue weighted by Crippen LogP contribution is -2.51. The van der Waals surface area contributed by atoms with Crippen LogP contribution in [-0.4, -0.2) is 42.5 Å². The molecular formula is C27H37BrN2O4. The van der Waals surface area contributed by atoms with Crippen LogP contribution in [0.3, 0.4) is 0 Å². The van der Waals surface area contributed by atoms with Crippen molar-refractivity contribution in [2.75, 3.05) is 13.7 Å². The van der Waals surface area contributed by atoms with Gasteiger partial charge in [0.05, 0.1) is 11.6 Å². The van der Waals surface area contributed by atoms with Gasteiger partial charge in [-0.05, 0) is 77.0 Å². The second kappa shape index (κ2) is 12.2. The molecule has 2 aromatic carbocycles. The van der Waals surface area contributed by atoms with Crippen molar-refractivity contribution >= 4 is 27.7 Å². The molecule has 0 radical (unpaired) electrons. The molecule has 0 aromatic heterocycles. The molecule has 0 unspecified atom stereocenters. The Balaban J connectivity index is 2.26. The van der Waals surface area contributed by atoms with E-state index in [1.54, 1.807) is 12.0 Å². The number of rotatable bonds is 10. The average molecular weight is 534 g/mol. The van der Waals surface area contributed by atoms with Crippen LogP contribution in [0.2, 0.25) is 0 Å². The summed E-state index contributed by atoms with van der Waals surface area (Å²) in [4.78, 5) is 27.9. The second-order valence-corrected chi connectivity index (χ2v) is 10.5. The third-order valence-electron chi connectivity index (χ3n) is 5.45. The fourth-order valence-electron chi connectivity index (χ4n) is 3.57. The van der Waals surface area contributed by atoms with Crippen molar-refractivity contribution in [3.63, 3.8) is 0 Å². The maximum Gasteiger partial charge on any atom is 0.261 e. The number of benzene rings is 2. The van der Waals surface area contributed by atoms with Gasteiger partial charge in [0.1, 0.15) is 17.5 Å². The van der Waals surface area contributed by atoms with Gasteiger partial charge in [-0.25, -0.2) is 0 Å². The van der Waals surface area contributed by atoms with Crippen LogP contribution < -0.4 is 14.8 Å². The first kappa shape index (κ1) is 27.7. The number of carbonyl (C=O) groups excluding carboxylic acids is 2. The van der Waals surface area contributed by atoms with Gasteiger partial charge in [0.15, 0.2) is 6.61 Å². The SMILES string of the molecule is CC[C@@H](C(=O)NC(C)C)N(Cc1cccc(OC)c1)C(=O)COc1ccc(C(C)(C)C)cc1Br. The van der Waals surface area contributed by atoms with E-state index in [-0.39, 0.29) is 36.4 Å². The fourth-order valence-corrected chi connectivity index (χ4v) is 4.07. The summed E-state index contributed by atoms with van der Waals surface area (Å²) < 4.78 is 12.0. The van der Waals surface area contributed by atoms with Gasteiger partial charge in [0, 0.05) is 12.6 Å². The predicted octanol–water partition coefficient (Wildman–Crippen LogP) is 5.47. The summed E-state index contributed by atoms with van der Waals surface area (Å²) in [6, 6.07) is 12.8. The molecule has 34 heavy (non-hydrogen) atoms. The monoisotopic (exact) mass is 532 g/mol. The number of nitrogens with zero attached hydrogens (tertiary/aromatic N) is 1. The van der Waals surface area contributed by atoms with E-state index in [4.69, 9.17) is 9.47 Å². The van der Waals surface area contributed by atoms with E-state index in [9.17, 15) is 9.59 Å². The molecular weight excluding hydrogens is 496 g/mol. The molecule has 0 aliphatic carbocycles. The Kier molecular flexibility index (Phi) is 9.98. The zero-order chi connectivity index (χ0) is 25.5. The molecule has 0 saturated heterocycles. The Morgan fingerprint density at radius 2 is 1.82 bits per heavy atom. The molecule has 0 spiro atoms. The third kappa shape index (κ3) is 7.76. The highest BCUT2D eigenvalue weighted by Gasteiger charge is 2.29. The van der Waals surface area contributed by atoms with E-state index >= 15 is 0 Å². The van der Waals surface area contributed by atoms with E-state index in [1.807, 2.05) is 63.2 Å². The zero-order valence-corrected chi connectivity index (χ0v) is 22.9. The number of amides is 2. The number of halogens is 1. The molecule has 2 aromatic rings. The minimum Gasteiger partial charge on any atom is -0.497 e. The largest absolute Gasteiger partial charge is 0.497 e. The molecule has 2 rings (SSSR count). The van der Waals surface area contributed by atoms with Crippen LogP contribution in [0.4, 0.5) is 0 Å². The van der Waals surface area contributed by atoms with Crippen molar-refractivity contribution in [1.82, 2.24) is 10.2 Å². The first-order valence-corrected chi connectivity index (χ1v) is 12.4. The second-order valence-electron chi connectivity index (χ2n) is 9.64. The van der Waals surface area contributed by atoms with Crippen molar-refractivity contribution in [2.24, 2.45) is 0 Å². The number of hydrogen-bond donors (Lipinski definition) is 1. The van der Waals surface area contributed by atoms with Gasteiger partial charge in [-0.15, -0.1) is 0 Å². The lowest BCUT2D eigenvalue weighted by Gasteiger charge is -2.31. The van der Waals surface area contributed by atoms with E-state index in [0.717, 1.165) is 15.6 Å². The normalized spacial score (nSPS) is 12.3. The van der Waals surface area contributed by atoms with E-state index in [0.29, 0.717) is 17.9 Å². The topological polar surface area (TPSA) is 67.9 Å². The van der Waals surface area contributed by atoms with Crippen LogP contribution in [-0.2, 0) is 21.5 Å². The summed E-state index contributed by atoms with van der Waals surface area (Å²) in [6.07, 6.45) is 0.484. The zero-order valence-electron chi connectivity index (χ0n) is 21.3. The molecule has 0 saturated carbocycles. The van der Waals surface area contributed by atoms with Crippen LogP contribution in [0.25, 0.3) is 0 Å².